The van der Waals surface area contributed by atoms with E-state index < -0.39 is 12.0 Å². The van der Waals surface area contributed by atoms with Crippen LogP contribution in [0, 0.1) is 12.8 Å². The van der Waals surface area contributed by atoms with Crippen molar-refractivity contribution in [2.24, 2.45) is 5.92 Å². The summed E-state index contributed by atoms with van der Waals surface area (Å²) in [6, 6.07) is 1.11. The monoisotopic (exact) mass is 345 g/mol. The van der Waals surface area contributed by atoms with Gasteiger partial charge in [0.2, 0.25) is 0 Å². The molecule has 19 heavy (non-hydrogen) atoms. The summed E-state index contributed by atoms with van der Waals surface area (Å²) >= 11 is 4.76. The van der Waals surface area contributed by atoms with Crippen LogP contribution >= 0.6 is 27.3 Å². The van der Waals surface area contributed by atoms with Crippen molar-refractivity contribution in [2.75, 3.05) is 6.54 Å². The topological polar surface area (TPSA) is 57.6 Å². The number of carbonyl (C=O) groups is 2. The summed E-state index contributed by atoms with van der Waals surface area (Å²) in [4.78, 5) is 26.0. The molecule has 4 nitrogen and oxygen atoms in total. The highest BCUT2D eigenvalue weighted by atomic mass is 79.9. The molecule has 1 fully saturated rings. The molecule has 0 radical (unpaired) electrons. The van der Waals surface area contributed by atoms with Crippen LogP contribution in [0.5, 0.6) is 0 Å². The molecule has 1 aromatic rings. The lowest BCUT2D eigenvalue weighted by atomic mass is 9.90. The van der Waals surface area contributed by atoms with Crippen LogP contribution in [0.2, 0.25) is 0 Å². The molecule has 1 amide bonds. The fraction of sp³-hybridized carbons (Fsp3) is 0.538. The highest BCUT2D eigenvalue weighted by Gasteiger charge is 2.37. The first-order valence-corrected chi connectivity index (χ1v) is 7.82. The molecule has 0 bridgehead atoms. The van der Waals surface area contributed by atoms with E-state index in [1.54, 1.807) is 0 Å². The van der Waals surface area contributed by atoms with Gasteiger partial charge in [0.05, 0.1) is 8.66 Å². The maximum atomic E-state index is 12.5. The standard InChI is InChI=1S/C13H16BrNO3S/c1-7-4-3-5-15(10(7)13(17)18)12(16)9-6-8(2)11(14)19-9/h6-7,10H,3-5H2,1-2H3,(H,17,18). The van der Waals surface area contributed by atoms with E-state index in [1.807, 2.05) is 19.9 Å². The van der Waals surface area contributed by atoms with Crippen LogP contribution in [-0.4, -0.2) is 34.5 Å². The third-order valence-electron chi connectivity index (χ3n) is 3.52. The number of carbonyl (C=O) groups excluding carboxylic acids is 1. The fourth-order valence-electron chi connectivity index (χ4n) is 2.50. The van der Waals surface area contributed by atoms with E-state index in [4.69, 9.17) is 0 Å². The third-order valence-corrected chi connectivity index (χ3v) is 5.64. The van der Waals surface area contributed by atoms with Crippen molar-refractivity contribution >= 4 is 39.1 Å². The van der Waals surface area contributed by atoms with Crippen molar-refractivity contribution < 1.29 is 14.7 Å². The molecule has 0 spiro atoms. The lowest BCUT2D eigenvalue weighted by Gasteiger charge is -2.37. The second-order valence-corrected chi connectivity index (χ2v) is 7.34. The molecule has 2 rings (SSSR count). The van der Waals surface area contributed by atoms with Gasteiger partial charge in [-0.15, -0.1) is 11.3 Å². The average molecular weight is 346 g/mol. The zero-order chi connectivity index (χ0) is 14.2. The second kappa shape index (κ2) is 5.63. The van der Waals surface area contributed by atoms with E-state index in [2.05, 4.69) is 15.9 Å². The zero-order valence-corrected chi connectivity index (χ0v) is 13.3. The molecule has 1 N–H and O–H groups in total. The summed E-state index contributed by atoms with van der Waals surface area (Å²) < 4.78 is 0.924. The number of carboxylic acids is 1. The molecule has 2 heterocycles. The Morgan fingerprint density at radius 1 is 1.53 bits per heavy atom. The maximum absolute atomic E-state index is 12.5. The minimum absolute atomic E-state index is 0.000278. The van der Waals surface area contributed by atoms with Crippen LogP contribution < -0.4 is 0 Å². The van der Waals surface area contributed by atoms with E-state index in [9.17, 15) is 14.7 Å². The molecule has 1 aliphatic rings. The van der Waals surface area contributed by atoms with Crippen molar-refractivity contribution in [3.8, 4) is 0 Å². The number of aryl methyl sites for hydroxylation is 1. The predicted molar refractivity (Wildman–Crippen MR) is 77.6 cm³/mol. The van der Waals surface area contributed by atoms with E-state index in [0.29, 0.717) is 11.4 Å². The number of carboxylic acid groups (broad SMARTS) is 1. The Morgan fingerprint density at radius 2 is 2.21 bits per heavy atom. The number of aliphatic carboxylic acids is 1. The highest BCUT2D eigenvalue weighted by Crippen LogP contribution is 2.31. The Bertz CT molecular complexity index is 494. The van der Waals surface area contributed by atoms with Crippen LogP contribution in [-0.2, 0) is 4.79 Å². The number of hydrogen-bond acceptors (Lipinski definition) is 3. The fourth-order valence-corrected chi connectivity index (χ4v) is 3.99. The molecule has 0 aliphatic carbocycles. The SMILES string of the molecule is Cc1cc(C(=O)N2CCCC(C)C2C(=O)O)sc1Br. The van der Waals surface area contributed by atoms with Crippen molar-refractivity contribution in [1.29, 1.82) is 0 Å². The summed E-state index contributed by atoms with van der Waals surface area (Å²) in [7, 11) is 0. The van der Waals surface area contributed by atoms with Gasteiger partial charge < -0.3 is 10.0 Å². The van der Waals surface area contributed by atoms with Crippen molar-refractivity contribution in [1.82, 2.24) is 4.90 Å². The van der Waals surface area contributed by atoms with Gasteiger partial charge in [0.15, 0.2) is 0 Å². The Hall–Kier alpha value is -0.880. The Balaban J connectivity index is 2.28. The lowest BCUT2D eigenvalue weighted by molar-refractivity contribution is -0.145. The molecule has 1 aliphatic heterocycles. The van der Waals surface area contributed by atoms with Gasteiger partial charge in [-0.2, -0.15) is 0 Å². The summed E-state index contributed by atoms with van der Waals surface area (Å²) in [5.41, 5.74) is 1.00. The number of nitrogens with zero attached hydrogens (tertiary/aromatic N) is 1. The summed E-state index contributed by atoms with van der Waals surface area (Å²) in [6.07, 6.45) is 1.72. The van der Waals surface area contributed by atoms with Gasteiger partial charge >= 0.3 is 5.97 Å². The number of thiophene rings is 1. The van der Waals surface area contributed by atoms with Gasteiger partial charge in [-0.05, 0) is 53.2 Å². The maximum Gasteiger partial charge on any atom is 0.326 e. The highest BCUT2D eigenvalue weighted by molar-refractivity contribution is 9.11. The molecule has 1 saturated heterocycles. The summed E-state index contributed by atoms with van der Waals surface area (Å²) in [5.74, 6) is -1.08. The number of rotatable bonds is 2. The van der Waals surface area contributed by atoms with Crippen LogP contribution in [0.25, 0.3) is 0 Å². The molecule has 0 saturated carbocycles. The lowest BCUT2D eigenvalue weighted by Crippen LogP contribution is -2.51. The molecular formula is C13H16BrNO3S. The zero-order valence-electron chi connectivity index (χ0n) is 10.9. The summed E-state index contributed by atoms with van der Waals surface area (Å²) in [5, 5.41) is 9.33. The molecular weight excluding hydrogens is 330 g/mol. The van der Waals surface area contributed by atoms with E-state index in [1.165, 1.54) is 16.2 Å². The van der Waals surface area contributed by atoms with Crippen LogP contribution in [0.15, 0.2) is 9.85 Å². The number of hydrogen-bond donors (Lipinski definition) is 1. The van der Waals surface area contributed by atoms with Gasteiger partial charge in [-0.1, -0.05) is 6.92 Å². The number of piperidine rings is 1. The van der Waals surface area contributed by atoms with Gasteiger partial charge in [0.1, 0.15) is 6.04 Å². The van der Waals surface area contributed by atoms with E-state index in [-0.39, 0.29) is 11.8 Å². The van der Waals surface area contributed by atoms with Gasteiger partial charge in [0.25, 0.3) is 5.91 Å². The molecule has 0 aromatic carbocycles. The first-order valence-electron chi connectivity index (χ1n) is 6.21. The van der Waals surface area contributed by atoms with Crippen LogP contribution in [0.4, 0.5) is 0 Å². The Labute approximate surface area is 124 Å². The largest absolute Gasteiger partial charge is 0.480 e. The van der Waals surface area contributed by atoms with Gasteiger partial charge in [-0.3, -0.25) is 4.79 Å². The third kappa shape index (κ3) is 2.84. The normalized spacial score (nSPS) is 23.4. The van der Waals surface area contributed by atoms with Crippen molar-refractivity contribution in [3.05, 3.63) is 20.3 Å². The quantitative estimate of drug-likeness (QED) is 0.895. The summed E-state index contributed by atoms with van der Waals surface area (Å²) in [6.45, 7) is 4.34. The van der Waals surface area contributed by atoms with Crippen molar-refractivity contribution in [3.63, 3.8) is 0 Å². The molecule has 6 heteroatoms. The number of likely N-dealkylation sites (tertiary alicyclic amines) is 1. The van der Waals surface area contributed by atoms with Crippen molar-refractivity contribution in [2.45, 2.75) is 32.7 Å². The molecule has 104 valence electrons. The Kier molecular flexibility index (Phi) is 4.30. The van der Waals surface area contributed by atoms with E-state index in [0.717, 1.165) is 22.2 Å². The van der Waals surface area contributed by atoms with Crippen LogP contribution in [0.1, 0.15) is 35.0 Å². The van der Waals surface area contributed by atoms with Crippen LogP contribution in [0.3, 0.4) is 0 Å². The minimum Gasteiger partial charge on any atom is -0.480 e. The van der Waals surface area contributed by atoms with E-state index >= 15 is 0 Å². The first-order chi connectivity index (χ1) is 8.91. The first kappa shape index (κ1) is 14.5. The second-order valence-electron chi connectivity index (χ2n) is 4.97. The molecule has 1 aromatic heterocycles. The molecule has 2 atom stereocenters. The Morgan fingerprint density at radius 3 is 2.74 bits per heavy atom. The molecule has 2 unspecified atom stereocenters. The number of amides is 1. The van der Waals surface area contributed by atoms with Gasteiger partial charge in [-0.25, -0.2) is 4.79 Å². The number of halogens is 1. The minimum atomic E-state index is -0.909. The average Bonchev–Trinajstić information content (AvgIpc) is 2.68. The predicted octanol–water partition coefficient (Wildman–Crippen LogP) is 3.14. The van der Waals surface area contributed by atoms with Gasteiger partial charge in [0, 0.05) is 6.54 Å². The smallest absolute Gasteiger partial charge is 0.326 e.